The maximum absolute atomic E-state index is 6.12. The molecule has 3 nitrogen and oxygen atoms in total. The van der Waals surface area contributed by atoms with Crippen molar-refractivity contribution >= 4 is 0 Å². The molecule has 1 heterocycles. The summed E-state index contributed by atoms with van der Waals surface area (Å²) in [6, 6.07) is 10.4. The van der Waals surface area contributed by atoms with Crippen molar-refractivity contribution in [3.63, 3.8) is 0 Å². The van der Waals surface area contributed by atoms with Gasteiger partial charge in [-0.1, -0.05) is 30.3 Å². The van der Waals surface area contributed by atoms with Crippen LogP contribution in [0.15, 0.2) is 30.3 Å². The van der Waals surface area contributed by atoms with Crippen LogP contribution in [-0.2, 0) is 0 Å². The molecule has 1 unspecified atom stereocenters. The van der Waals surface area contributed by atoms with Gasteiger partial charge >= 0.3 is 0 Å². The van der Waals surface area contributed by atoms with Crippen molar-refractivity contribution in [1.29, 1.82) is 0 Å². The first-order valence-electron chi connectivity index (χ1n) is 4.64. The zero-order valence-electron chi connectivity index (χ0n) is 7.53. The summed E-state index contributed by atoms with van der Waals surface area (Å²) in [5, 5.41) is 0. The predicted octanol–water partition coefficient (Wildman–Crippen LogP) is 0.410. The van der Waals surface area contributed by atoms with E-state index >= 15 is 0 Å². The molecule has 3 heteroatoms. The fourth-order valence-electron chi connectivity index (χ4n) is 1.68. The van der Waals surface area contributed by atoms with Crippen LogP contribution in [0, 0.1) is 5.92 Å². The van der Waals surface area contributed by atoms with Crippen molar-refractivity contribution in [1.82, 2.24) is 10.9 Å². The molecule has 0 radical (unpaired) electrons. The lowest BCUT2D eigenvalue weighted by molar-refractivity contribution is 0.491. The molecule has 1 saturated heterocycles. The van der Waals surface area contributed by atoms with Gasteiger partial charge < -0.3 is 5.73 Å². The number of benzene rings is 1. The third kappa shape index (κ3) is 1.88. The number of hydrogen-bond acceptors (Lipinski definition) is 3. The Morgan fingerprint density at radius 1 is 1.15 bits per heavy atom. The van der Waals surface area contributed by atoms with Crippen LogP contribution in [0.25, 0.3) is 0 Å². The third-order valence-electron chi connectivity index (χ3n) is 2.55. The average Bonchev–Trinajstić information content (AvgIpc) is 2.71. The zero-order chi connectivity index (χ0) is 9.10. The Hall–Kier alpha value is -0.900. The van der Waals surface area contributed by atoms with E-state index in [4.69, 9.17) is 5.73 Å². The van der Waals surface area contributed by atoms with Crippen LogP contribution in [0.4, 0.5) is 0 Å². The Bertz CT molecular complexity index is 254. The topological polar surface area (TPSA) is 50.1 Å². The molecule has 0 amide bonds. The van der Waals surface area contributed by atoms with Crippen molar-refractivity contribution in [2.75, 3.05) is 13.1 Å². The van der Waals surface area contributed by atoms with Crippen molar-refractivity contribution in [3.8, 4) is 0 Å². The van der Waals surface area contributed by atoms with E-state index < -0.39 is 0 Å². The van der Waals surface area contributed by atoms with E-state index in [9.17, 15) is 0 Å². The van der Waals surface area contributed by atoms with E-state index in [2.05, 4.69) is 23.0 Å². The molecule has 0 spiro atoms. The van der Waals surface area contributed by atoms with Gasteiger partial charge in [0, 0.05) is 25.0 Å². The number of hydrogen-bond donors (Lipinski definition) is 3. The van der Waals surface area contributed by atoms with Crippen LogP contribution < -0.4 is 16.6 Å². The van der Waals surface area contributed by atoms with Crippen LogP contribution in [0.2, 0.25) is 0 Å². The minimum Gasteiger partial charge on any atom is -0.324 e. The van der Waals surface area contributed by atoms with E-state index in [0.717, 1.165) is 13.1 Å². The smallest absolute Gasteiger partial charge is 0.0349 e. The van der Waals surface area contributed by atoms with E-state index in [-0.39, 0.29) is 6.04 Å². The van der Waals surface area contributed by atoms with Gasteiger partial charge in [0.1, 0.15) is 0 Å². The molecule has 70 valence electrons. The summed E-state index contributed by atoms with van der Waals surface area (Å²) in [7, 11) is 0. The number of nitrogens with two attached hydrogens (primary N) is 1. The summed E-state index contributed by atoms with van der Waals surface area (Å²) in [6.07, 6.45) is 0. The fraction of sp³-hybridized carbons (Fsp3) is 0.400. The average molecular weight is 177 g/mol. The highest BCUT2D eigenvalue weighted by molar-refractivity contribution is 5.19. The van der Waals surface area contributed by atoms with Crippen LogP contribution in [0.5, 0.6) is 0 Å². The van der Waals surface area contributed by atoms with Crippen molar-refractivity contribution in [2.45, 2.75) is 6.04 Å². The second kappa shape index (κ2) is 3.87. The lowest BCUT2D eigenvalue weighted by Gasteiger charge is -2.17. The summed E-state index contributed by atoms with van der Waals surface area (Å²) in [5.41, 5.74) is 13.5. The van der Waals surface area contributed by atoms with Gasteiger partial charge in [-0.2, -0.15) is 0 Å². The van der Waals surface area contributed by atoms with Gasteiger partial charge in [0.15, 0.2) is 0 Å². The maximum Gasteiger partial charge on any atom is 0.0349 e. The Morgan fingerprint density at radius 3 is 2.38 bits per heavy atom. The van der Waals surface area contributed by atoms with E-state index in [0.29, 0.717) is 5.92 Å². The first-order valence-corrected chi connectivity index (χ1v) is 4.64. The molecule has 0 aromatic heterocycles. The standard InChI is InChI=1S/C10H15N3/c11-10(9-6-12-13-7-9)8-4-2-1-3-5-8/h1-5,9-10,12-13H,6-7,11H2. The Kier molecular flexibility index (Phi) is 2.59. The second-order valence-corrected chi connectivity index (χ2v) is 3.46. The summed E-state index contributed by atoms with van der Waals surface area (Å²) < 4.78 is 0. The minimum absolute atomic E-state index is 0.142. The molecule has 2 rings (SSSR count). The van der Waals surface area contributed by atoms with Crippen LogP contribution in [0.1, 0.15) is 11.6 Å². The molecule has 1 aliphatic rings. The molecular formula is C10H15N3. The Balaban J connectivity index is 2.08. The summed E-state index contributed by atoms with van der Waals surface area (Å²) >= 11 is 0. The summed E-state index contributed by atoms with van der Waals surface area (Å²) in [4.78, 5) is 0. The van der Waals surface area contributed by atoms with E-state index in [1.807, 2.05) is 18.2 Å². The highest BCUT2D eigenvalue weighted by Gasteiger charge is 2.22. The first-order chi connectivity index (χ1) is 6.38. The lowest BCUT2D eigenvalue weighted by Crippen LogP contribution is -2.24. The summed E-state index contributed by atoms with van der Waals surface area (Å²) in [6.45, 7) is 1.91. The third-order valence-corrected chi connectivity index (χ3v) is 2.55. The fourth-order valence-corrected chi connectivity index (χ4v) is 1.68. The highest BCUT2D eigenvalue weighted by atomic mass is 15.4. The van der Waals surface area contributed by atoms with Crippen molar-refractivity contribution in [2.24, 2.45) is 11.7 Å². The molecule has 4 N–H and O–H groups in total. The van der Waals surface area contributed by atoms with Gasteiger partial charge in [-0.15, -0.1) is 0 Å². The van der Waals surface area contributed by atoms with Gasteiger partial charge in [0.2, 0.25) is 0 Å². The van der Waals surface area contributed by atoms with Gasteiger partial charge in [-0.3, -0.25) is 10.9 Å². The zero-order valence-corrected chi connectivity index (χ0v) is 7.53. The molecule has 1 aromatic rings. The van der Waals surface area contributed by atoms with Gasteiger partial charge in [-0.25, -0.2) is 0 Å². The lowest BCUT2D eigenvalue weighted by atomic mass is 9.95. The van der Waals surface area contributed by atoms with Crippen LogP contribution >= 0.6 is 0 Å². The maximum atomic E-state index is 6.12. The molecule has 1 aliphatic heterocycles. The first kappa shape index (κ1) is 8.69. The largest absolute Gasteiger partial charge is 0.324 e. The summed E-state index contributed by atoms with van der Waals surface area (Å²) in [5.74, 6) is 0.502. The molecule has 0 bridgehead atoms. The quantitative estimate of drug-likeness (QED) is 0.613. The number of rotatable bonds is 2. The van der Waals surface area contributed by atoms with E-state index in [1.54, 1.807) is 0 Å². The monoisotopic (exact) mass is 177 g/mol. The predicted molar refractivity (Wildman–Crippen MR) is 52.9 cm³/mol. The Labute approximate surface area is 78.3 Å². The van der Waals surface area contributed by atoms with Gasteiger partial charge in [0.25, 0.3) is 0 Å². The molecule has 13 heavy (non-hydrogen) atoms. The molecule has 0 saturated carbocycles. The minimum atomic E-state index is 0.142. The van der Waals surface area contributed by atoms with Crippen LogP contribution in [0.3, 0.4) is 0 Å². The van der Waals surface area contributed by atoms with Crippen LogP contribution in [-0.4, -0.2) is 13.1 Å². The normalized spacial score (nSPS) is 20.4. The van der Waals surface area contributed by atoms with E-state index in [1.165, 1.54) is 5.56 Å². The van der Waals surface area contributed by atoms with Gasteiger partial charge in [0.05, 0.1) is 0 Å². The molecular weight excluding hydrogens is 162 g/mol. The van der Waals surface area contributed by atoms with Crippen molar-refractivity contribution in [3.05, 3.63) is 35.9 Å². The number of nitrogens with one attached hydrogen (secondary N) is 2. The number of hydrazine groups is 1. The van der Waals surface area contributed by atoms with Gasteiger partial charge in [-0.05, 0) is 5.56 Å². The molecule has 0 aliphatic carbocycles. The van der Waals surface area contributed by atoms with Crippen molar-refractivity contribution < 1.29 is 0 Å². The Morgan fingerprint density at radius 2 is 1.77 bits per heavy atom. The highest BCUT2D eigenvalue weighted by Crippen LogP contribution is 2.19. The molecule has 1 fully saturated rings. The SMILES string of the molecule is NC(c1ccccc1)C1CNNC1. The second-order valence-electron chi connectivity index (χ2n) is 3.46. The molecule has 1 aromatic carbocycles. The molecule has 1 atom stereocenters.